The maximum atomic E-state index is 12.9. The lowest BCUT2D eigenvalue weighted by Gasteiger charge is -2.12. The van der Waals surface area contributed by atoms with Gasteiger partial charge < -0.3 is 4.84 Å². The molecule has 0 radical (unpaired) electrons. The van der Waals surface area contributed by atoms with Crippen LogP contribution in [-0.4, -0.2) is 19.8 Å². The predicted molar refractivity (Wildman–Crippen MR) is 139 cm³/mol. The van der Waals surface area contributed by atoms with Gasteiger partial charge in [-0.1, -0.05) is 114 Å². The van der Waals surface area contributed by atoms with Gasteiger partial charge in [0, 0.05) is 11.1 Å². The van der Waals surface area contributed by atoms with Crippen molar-refractivity contribution in [3.8, 4) is 0 Å². The maximum Gasteiger partial charge on any atom is 0.276 e. The highest BCUT2D eigenvalue weighted by molar-refractivity contribution is 7.89. The smallest absolute Gasteiger partial charge is 0.276 e. The van der Waals surface area contributed by atoms with Crippen molar-refractivity contribution in [3.63, 3.8) is 0 Å². The van der Waals surface area contributed by atoms with Crippen molar-refractivity contribution < 1.29 is 13.3 Å². The number of hydrazone groups is 1. The fourth-order valence-corrected chi connectivity index (χ4v) is 4.11. The van der Waals surface area contributed by atoms with Gasteiger partial charge in [0.25, 0.3) is 10.0 Å². The van der Waals surface area contributed by atoms with Crippen molar-refractivity contribution >= 4 is 21.4 Å². The summed E-state index contributed by atoms with van der Waals surface area (Å²) in [6.45, 7) is 2.15. The average Bonchev–Trinajstić information content (AvgIpc) is 2.90. The summed E-state index contributed by atoms with van der Waals surface area (Å²) in [6.07, 6.45) is 0. The van der Waals surface area contributed by atoms with Crippen molar-refractivity contribution in [2.75, 3.05) is 0 Å². The van der Waals surface area contributed by atoms with Crippen LogP contribution in [0.25, 0.3) is 0 Å². The van der Waals surface area contributed by atoms with Gasteiger partial charge in [-0.15, -0.1) is 0 Å². The predicted octanol–water partition coefficient (Wildman–Crippen LogP) is 5.30. The lowest BCUT2D eigenvalue weighted by molar-refractivity contribution is 0.131. The molecule has 0 spiro atoms. The Bertz CT molecular complexity index is 1400. The number of sulfonamides is 1. The second-order valence-electron chi connectivity index (χ2n) is 7.80. The van der Waals surface area contributed by atoms with Gasteiger partial charge in [-0.2, -0.15) is 18.4 Å². The number of nitrogens with one attached hydrogen (secondary N) is 1. The van der Waals surface area contributed by atoms with Crippen LogP contribution in [0.4, 0.5) is 0 Å². The van der Waals surface area contributed by atoms with E-state index in [2.05, 4.69) is 15.1 Å². The molecule has 7 heteroatoms. The number of nitrogens with zero attached hydrogens (tertiary/aromatic N) is 2. The Morgan fingerprint density at radius 1 is 0.714 bits per heavy atom. The molecule has 0 aromatic heterocycles. The molecule has 0 aliphatic carbocycles. The molecule has 6 nitrogen and oxygen atoms in total. The van der Waals surface area contributed by atoms with Crippen LogP contribution >= 0.6 is 0 Å². The van der Waals surface area contributed by atoms with Gasteiger partial charge in [0.05, 0.1) is 4.90 Å². The second-order valence-corrected chi connectivity index (χ2v) is 9.46. The van der Waals surface area contributed by atoms with Gasteiger partial charge in [-0.3, -0.25) is 0 Å². The van der Waals surface area contributed by atoms with E-state index in [1.54, 1.807) is 24.3 Å². The van der Waals surface area contributed by atoms with E-state index >= 15 is 0 Å². The number of oxime groups is 1. The molecule has 0 atom stereocenters. The highest BCUT2D eigenvalue weighted by Gasteiger charge is 2.19. The van der Waals surface area contributed by atoms with Gasteiger partial charge in [0.2, 0.25) is 0 Å². The van der Waals surface area contributed by atoms with Crippen LogP contribution < -0.4 is 4.83 Å². The van der Waals surface area contributed by atoms with Crippen LogP contribution in [0.2, 0.25) is 0 Å². The highest BCUT2D eigenvalue weighted by Crippen LogP contribution is 2.14. The Morgan fingerprint density at radius 3 is 1.80 bits per heavy atom. The quantitative estimate of drug-likeness (QED) is 0.259. The molecule has 0 aliphatic rings. The summed E-state index contributed by atoms with van der Waals surface area (Å²) < 4.78 is 25.9. The number of aryl methyl sites for hydroxylation is 1. The summed E-state index contributed by atoms with van der Waals surface area (Å²) in [4.78, 5) is 8.20. The van der Waals surface area contributed by atoms with Gasteiger partial charge in [-0.25, -0.2) is 0 Å². The van der Waals surface area contributed by atoms with E-state index in [9.17, 15) is 8.42 Å². The summed E-state index contributed by atoms with van der Waals surface area (Å²) in [5.41, 5.74) is 4.08. The maximum absolute atomic E-state index is 12.9. The second kappa shape index (κ2) is 11.3. The molecule has 35 heavy (non-hydrogen) atoms. The molecule has 0 amide bonds. The number of rotatable bonds is 9. The Labute approximate surface area is 205 Å². The van der Waals surface area contributed by atoms with Crippen LogP contribution in [0, 0.1) is 6.92 Å². The SMILES string of the molecule is Cc1ccc(S(=O)(=O)NN=C(/C(=N\OCc2ccccc2)c2ccccc2)c2ccccc2)cc1. The zero-order valence-corrected chi connectivity index (χ0v) is 20.0. The molecule has 0 fully saturated rings. The molecule has 1 N–H and O–H groups in total. The van der Waals surface area contributed by atoms with Crippen molar-refractivity contribution in [3.05, 3.63) is 138 Å². The van der Waals surface area contributed by atoms with Gasteiger partial charge in [0.1, 0.15) is 18.0 Å². The minimum atomic E-state index is -3.89. The minimum Gasteiger partial charge on any atom is -0.390 e. The molecule has 0 saturated carbocycles. The van der Waals surface area contributed by atoms with Gasteiger partial charge in [-0.05, 0) is 24.6 Å². The first kappa shape index (κ1) is 23.9. The third kappa shape index (κ3) is 6.43. The van der Waals surface area contributed by atoms with Crippen LogP contribution in [0.1, 0.15) is 22.3 Å². The molecule has 0 saturated heterocycles. The molecule has 4 aromatic rings. The molecule has 0 bridgehead atoms. The fraction of sp³-hybridized carbons (Fsp3) is 0.0714. The van der Waals surface area contributed by atoms with Crippen LogP contribution in [0.3, 0.4) is 0 Å². The standard InChI is InChI=1S/C28H25N3O3S/c1-22-17-19-26(20-18-22)35(32,33)31-29-27(24-13-7-3-8-14-24)28(25-15-9-4-10-16-25)30-34-21-23-11-5-2-6-12-23/h2-20,31H,21H2,1H3/b29-27?,30-28-. The van der Waals surface area contributed by atoms with E-state index < -0.39 is 10.0 Å². The average molecular weight is 484 g/mol. The Morgan fingerprint density at radius 2 is 1.23 bits per heavy atom. The lowest BCUT2D eigenvalue weighted by Crippen LogP contribution is -2.25. The van der Waals surface area contributed by atoms with E-state index in [0.717, 1.165) is 16.7 Å². The molecule has 4 aromatic carbocycles. The minimum absolute atomic E-state index is 0.123. The van der Waals surface area contributed by atoms with Gasteiger partial charge >= 0.3 is 0 Å². The number of hydrogen-bond donors (Lipinski definition) is 1. The normalized spacial score (nSPS) is 12.3. The van der Waals surface area contributed by atoms with Crippen molar-refractivity contribution in [2.24, 2.45) is 10.3 Å². The summed E-state index contributed by atoms with van der Waals surface area (Å²) in [5, 5.41) is 8.74. The topological polar surface area (TPSA) is 80.1 Å². The Kier molecular flexibility index (Phi) is 7.70. The number of hydrogen-bond acceptors (Lipinski definition) is 5. The zero-order chi connectivity index (χ0) is 24.5. The van der Waals surface area contributed by atoms with Gasteiger partial charge in [0.15, 0.2) is 0 Å². The first-order valence-electron chi connectivity index (χ1n) is 11.0. The summed E-state index contributed by atoms with van der Waals surface area (Å²) >= 11 is 0. The molecular weight excluding hydrogens is 458 g/mol. The van der Waals surface area contributed by atoms with Crippen LogP contribution in [0.5, 0.6) is 0 Å². The molecule has 0 aliphatic heterocycles. The first-order valence-corrected chi connectivity index (χ1v) is 12.5. The monoisotopic (exact) mass is 483 g/mol. The van der Waals surface area contributed by atoms with E-state index in [1.165, 1.54) is 0 Å². The molecule has 4 rings (SSSR count). The number of benzene rings is 4. The summed E-state index contributed by atoms with van der Waals surface area (Å²) in [6, 6.07) is 34.9. The third-order valence-corrected chi connectivity index (χ3v) is 6.38. The first-order chi connectivity index (χ1) is 17.0. The van der Waals surface area contributed by atoms with Crippen molar-refractivity contribution in [1.29, 1.82) is 0 Å². The Balaban J connectivity index is 1.73. The van der Waals surface area contributed by atoms with Crippen molar-refractivity contribution in [1.82, 2.24) is 4.83 Å². The van der Waals surface area contributed by atoms with Crippen LogP contribution in [0.15, 0.2) is 130 Å². The molecule has 0 heterocycles. The highest BCUT2D eigenvalue weighted by atomic mass is 32.2. The van der Waals surface area contributed by atoms with E-state index in [1.807, 2.05) is 97.9 Å². The summed E-state index contributed by atoms with van der Waals surface area (Å²) in [5.74, 6) is 0. The molecule has 0 unspecified atom stereocenters. The van der Waals surface area contributed by atoms with Crippen LogP contribution in [-0.2, 0) is 21.5 Å². The zero-order valence-electron chi connectivity index (χ0n) is 19.2. The molecule has 176 valence electrons. The van der Waals surface area contributed by atoms with E-state index in [4.69, 9.17) is 4.84 Å². The largest absolute Gasteiger partial charge is 0.390 e. The molecular formula is C28H25N3O3S. The Hall–Kier alpha value is -4.23. The van der Waals surface area contributed by atoms with E-state index in [-0.39, 0.29) is 11.5 Å². The van der Waals surface area contributed by atoms with E-state index in [0.29, 0.717) is 17.0 Å². The van der Waals surface area contributed by atoms with Crippen molar-refractivity contribution in [2.45, 2.75) is 18.4 Å². The fourth-order valence-electron chi connectivity index (χ4n) is 3.30. The lowest BCUT2D eigenvalue weighted by atomic mass is 10.00. The summed E-state index contributed by atoms with van der Waals surface area (Å²) in [7, 11) is -3.89. The third-order valence-electron chi connectivity index (χ3n) is 5.16.